The third kappa shape index (κ3) is 2.39. The Morgan fingerprint density at radius 2 is 2.22 bits per heavy atom. The maximum atomic E-state index is 12.2. The second-order valence-corrected chi connectivity index (χ2v) is 5.59. The molecule has 0 unspecified atom stereocenters. The summed E-state index contributed by atoms with van der Waals surface area (Å²) in [6.07, 6.45) is 4.80. The molecule has 4 nitrogen and oxygen atoms in total. The smallest absolute Gasteiger partial charge is 0.246 e. The number of nitrogens with zero attached hydrogens (tertiary/aromatic N) is 2. The molecule has 0 bridgehead atoms. The van der Waals surface area contributed by atoms with Gasteiger partial charge in [-0.1, -0.05) is 12.8 Å². The van der Waals surface area contributed by atoms with Crippen LogP contribution in [0, 0.1) is 23.7 Å². The predicted octanol–water partition coefficient (Wildman–Crippen LogP) is 3.18. The van der Waals surface area contributed by atoms with E-state index in [0.717, 1.165) is 22.9 Å². The fourth-order valence-electron chi connectivity index (χ4n) is 2.27. The highest BCUT2D eigenvalue weighted by Crippen LogP contribution is 2.38. The second-order valence-electron chi connectivity index (χ2n) is 4.67. The first kappa shape index (κ1) is 13.0. The third-order valence-electron chi connectivity index (χ3n) is 3.38. The summed E-state index contributed by atoms with van der Waals surface area (Å²) in [5, 5.41) is 12.0. The van der Waals surface area contributed by atoms with Crippen LogP contribution in [0.5, 0.6) is 0 Å². The van der Waals surface area contributed by atoms with E-state index in [2.05, 4.69) is 32.3 Å². The van der Waals surface area contributed by atoms with Gasteiger partial charge in [0.1, 0.15) is 11.2 Å². The molecule has 0 spiro atoms. The molecule has 1 N–H and O–H groups in total. The van der Waals surface area contributed by atoms with Crippen molar-refractivity contribution in [3.8, 4) is 6.07 Å². The molecule has 0 radical (unpaired) electrons. The minimum absolute atomic E-state index is 0.222. The zero-order valence-corrected chi connectivity index (χ0v) is 11.7. The van der Waals surface area contributed by atoms with Crippen LogP contribution >= 0.6 is 15.9 Å². The van der Waals surface area contributed by atoms with E-state index in [4.69, 9.17) is 0 Å². The van der Waals surface area contributed by atoms with Crippen molar-refractivity contribution in [3.63, 3.8) is 0 Å². The van der Waals surface area contributed by atoms with Crippen LogP contribution in [0.1, 0.15) is 31.2 Å². The summed E-state index contributed by atoms with van der Waals surface area (Å²) in [4.78, 5) is 16.4. The van der Waals surface area contributed by atoms with Gasteiger partial charge in [0.05, 0.1) is 6.07 Å². The van der Waals surface area contributed by atoms with Gasteiger partial charge < -0.3 is 5.32 Å². The lowest BCUT2D eigenvalue weighted by molar-refractivity contribution is -0.122. The minimum Gasteiger partial charge on any atom is -0.309 e. The molecule has 1 aliphatic rings. The van der Waals surface area contributed by atoms with Crippen LogP contribution in [0.4, 0.5) is 5.82 Å². The van der Waals surface area contributed by atoms with Gasteiger partial charge in [-0.3, -0.25) is 4.79 Å². The summed E-state index contributed by atoms with van der Waals surface area (Å²) in [7, 11) is 0. The van der Waals surface area contributed by atoms with Crippen molar-refractivity contribution in [3.05, 3.63) is 22.3 Å². The van der Waals surface area contributed by atoms with Crippen LogP contribution in [0.2, 0.25) is 0 Å². The molecule has 1 aromatic rings. The summed E-state index contributed by atoms with van der Waals surface area (Å²) >= 11 is 3.33. The molecule has 1 aromatic heterocycles. The van der Waals surface area contributed by atoms with Gasteiger partial charge in [0.25, 0.3) is 0 Å². The highest BCUT2D eigenvalue weighted by atomic mass is 79.9. The van der Waals surface area contributed by atoms with Crippen LogP contribution in [0.3, 0.4) is 0 Å². The van der Waals surface area contributed by atoms with Crippen molar-refractivity contribution in [2.75, 3.05) is 5.32 Å². The van der Waals surface area contributed by atoms with Crippen molar-refractivity contribution in [1.82, 2.24) is 4.98 Å². The minimum atomic E-state index is -0.860. The molecule has 0 atom stereocenters. The average Bonchev–Trinajstić information content (AvgIpc) is 2.82. The molecule has 0 saturated heterocycles. The monoisotopic (exact) mass is 307 g/mol. The number of carbonyl (C=O) groups excluding carboxylic acids is 1. The molecule has 18 heavy (non-hydrogen) atoms. The van der Waals surface area contributed by atoms with Crippen molar-refractivity contribution < 1.29 is 4.79 Å². The predicted molar refractivity (Wildman–Crippen MR) is 71.8 cm³/mol. The molecule has 1 aliphatic carbocycles. The van der Waals surface area contributed by atoms with Crippen LogP contribution < -0.4 is 5.32 Å². The van der Waals surface area contributed by atoms with Crippen molar-refractivity contribution >= 4 is 27.7 Å². The number of nitrogens with one attached hydrogen (secondary N) is 1. The van der Waals surface area contributed by atoms with Gasteiger partial charge in [-0.05, 0) is 47.3 Å². The van der Waals surface area contributed by atoms with E-state index >= 15 is 0 Å². The van der Waals surface area contributed by atoms with E-state index < -0.39 is 5.41 Å². The molecular weight excluding hydrogens is 294 g/mol. The number of carbonyl (C=O) groups is 1. The lowest BCUT2D eigenvalue weighted by Crippen LogP contribution is -2.32. The number of nitriles is 1. The Bertz CT molecular complexity index is 515. The molecule has 1 saturated carbocycles. The molecule has 2 rings (SSSR count). The van der Waals surface area contributed by atoms with E-state index in [9.17, 15) is 10.1 Å². The number of aromatic nitrogens is 1. The quantitative estimate of drug-likeness (QED) is 0.912. The Labute approximate surface area is 115 Å². The largest absolute Gasteiger partial charge is 0.309 e. The third-order valence-corrected chi connectivity index (χ3v) is 3.82. The Morgan fingerprint density at radius 1 is 1.56 bits per heavy atom. The summed E-state index contributed by atoms with van der Waals surface area (Å²) < 4.78 is 0.869. The fraction of sp³-hybridized carbons (Fsp3) is 0.462. The van der Waals surface area contributed by atoms with E-state index in [-0.39, 0.29) is 5.91 Å². The number of rotatable bonds is 2. The lowest BCUT2D eigenvalue weighted by atomic mass is 9.87. The molecule has 94 valence electrons. The zero-order chi connectivity index (χ0) is 13.2. The van der Waals surface area contributed by atoms with Gasteiger partial charge in [0.15, 0.2) is 0 Å². The van der Waals surface area contributed by atoms with Gasteiger partial charge >= 0.3 is 0 Å². The van der Waals surface area contributed by atoms with Crippen LogP contribution in [0.15, 0.2) is 16.7 Å². The first-order valence-corrected chi connectivity index (χ1v) is 6.71. The van der Waals surface area contributed by atoms with Gasteiger partial charge in [-0.25, -0.2) is 4.98 Å². The standard InChI is InChI=1S/C13H14BrN3O/c1-9-6-10(14)7-16-11(9)17-12(18)13(8-15)4-2-3-5-13/h6-7H,2-5H2,1H3,(H,16,17,18). The van der Waals surface area contributed by atoms with Crippen LogP contribution in [0.25, 0.3) is 0 Å². The molecule has 1 amide bonds. The molecule has 0 aromatic carbocycles. The summed E-state index contributed by atoms with van der Waals surface area (Å²) in [5.74, 6) is 0.310. The number of hydrogen-bond donors (Lipinski definition) is 1. The number of aryl methyl sites for hydroxylation is 1. The van der Waals surface area contributed by atoms with Gasteiger partial charge in [-0.15, -0.1) is 0 Å². The topological polar surface area (TPSA) is 65.8 Å². The van der Waals surface area contributed by atoms with E-state index in [1.165, 1.54) is 0 Å². The second kappa shape index (κ2) is 5.07. The highest BCUT2D eigenvalue weighted by molar-refractivity contribution is 9.10. The normalized spacial score (nSPS) is 17.2. The fourth-order valence-corrected chi connectivity index (χ4v) is 2.71. The number of pyridine rings is 1. The first-order chi connectivity index (χ1) is 8.57. The molecule has 5 heteroatoms. The maximum Gasteiger partial charge on any atom is 0.246 e. The van der Waals surface area contributed by atoms with E-state index in [1.54, 1.807) is 6.20 Å². The molecule has 1 heterocycles. The van der Waals surface area contributed by atoms with E-state index in [1.807, 2.05) is 13.0 Å². The van der Waals surface area contributed by atoms with Crippen molar-refractivity contribution in [2.45, 2.75) is 32.6 Å². The van der Waals surface area contributed by atoms with Crippen LogP contribution in [-0.2, 0) is 4.79 Å². The lowest BCUT2D eigenvalue weighted by Gasteiger charge is -2.19. The van der Waals surface area contributed by atoms with Crippen molar-refractivity contribution in [1.29, 1.82) is 5.26 Å². The van der Waals surface area contributed by atoms with Gasteiger partial charge in [0.2, 0.25) is 5.91 Å². The zero-order valence-electron chi connectivity index (χ0n) is 10.2. The van der Waals surface area contributed by atoms with Crippen LogP contribution in [-0.4, -0.2) is 10.9 Å². The molecule has 0 aliphatic heterocycles. The summed E-state index contributed by atoms with van der Waals surface area (Å²) in [6.45, 7) is 1.88. The first-order valence-electron chi connectivity index (χ1n) is 5.92. The molecule has 1 fully saturated rings. The average molecular weight is 308 g/mol. The summed E-state index contributed by atoms with van der Waals surface area (Å²) in [5.41, 5.74) is 0.0186. The Kier molecular flexibility index (Phi) is 3.67. The Hall–Kier alpha value is -1.41. The highest BCUT2D eigenvalue weighted by Gasteiger charge is 2.41. The number of anilines is 1. The van der Waals surface area contributed by atoms with Gasteiger partial charge in [0, 0.05) is 10.7 Å². The van der Waals surface area contributed by atoms with Gasteiger partial charge in [-0.2, -0.15) is 5.26 Å². The molecular formula is C13H14BrN3O. The Balaban J connectivity index is 2.19. The maximum absolute atomic E-state index is 12.2. The van der Waals surface area contributed by atoms with E-state index in [0.29, 0.717) is 18.7 Å². The number of hydrogen-bond acceptors (Lipinski definition) is 3. The van der Waals surface area contributed by atoms with Crippen molar-refractivity contribution in [2.24, 2.45) is 5.41 Å². The summed E-state index contributed by atoms with van der Waals surface area (Å²) in [6, 6.07) is 4.06. The SMILES string of the molecule is Cc1cc(Br)cnc1NC(=O)C1(C#N)CCCC1. The Morgan fingerprint density at radius 3 is 2.78 bits per heavy atom. The number of amides is 1. The number of halogens is 1.